The van der Waals surface area contributed by atoms with Gasteiger partial charge >= 0.3 is 0 Å². The van der Waals surface area contributed by atoms with E-state index >= 15 is 0 Å². The van der Waals surface area contributed by atoms with Gasteiger partial charge in [-0.15, -0.1) is 0 Å². The summed E-state index contributed by atoms with van der Waals surface area (Å²) in [6.45, 7) is 15.7. The SMILES string of the molecule is C=C/C=C\C(=C)C(C)(C)S.CCC. The number of hydrogen-bond acceptors (Lipinski definition) is 1. The maximum absolute atomic E-state index is 4.34. The van der Waals surface area contributed by atoms with Gasteiger partial charge in [0.15, 0.2) is 0 Å². The van der Waals surface area contributed by atoms with Crippen LogP contribution in [-0.4, -0.2) is 4.75 Å². The van der Waals surface area contributed by atoms with E-state index in [9.17, 15) is 0 Å². The highest BCUT2D eigenvalue weighted by molar-refractivity contribution is 7.82. The lowest BCUT2D eigenvalue weighted by atomic mass is 10.0. The van der Waals surface area contributed by atoms with Crippen molar-refractivity contribution in [1.29, 1.82) is 0 Å². The molecule has 0 aliphatic heterocycles. The summed E-state index contributed by atoms with van der Waals surface area (Å²) in [5.41, 5.74) is 0.996. The molecule has 0 heterocycles. The molecule has 1 heteroatoms. The number of allylic oxidation sites excluding steroid dienone is 3. The van der Waals surface area contributed by atoms with E-state index in [-0.39, 0.29) is 4.75 Å². The maximum Gasteiger partial charge on any atom is 0.0316 e. The first-order valence-corrected chi connectivity index (χ1v) is 5.05. The molecular weight excluding hydrogens is 176 g/mol. The van der Waals surface area contributed by atoms with Gasteiger partial charge in [0.1, 0.15) is 0 Å². The van der Waals surface area contributed by atoms with Crippen LogP contribution in [0.5, 0.6) is 0 Å². The van der Waals surface area contributed by atoms with E-state index < -0.39 is 0 Å². The van der Waals surface area contributed by atoms with Crippen LogP contribution in [0.2, 0.25) is 0 Å². The van der Waals surface area contributed by atoms with E-state index in [0.717, 1.165) is 5.57 Å². The van der Waals surface area contributed by atoms with Gasteiger partial charge in [-0.05, 0) is 19.4 Å². The monoisotopic (exact) mass is 198 g/mol. The van der Waals surface area contributed by atoms with Crippen molar-refractivity contribution in [2.24, 2.45) is 0 Å². The summed E-state index contributed by atoms with van der Waals surface area (Å²) >= 11 is 4.34. The third kappa shape index (κ3) is 11.6. The van der Waals surface area contributed by atoms with Crippen LogP contribution in [0.1, 0.15) is 34.1 Å². The van der Waals surface area contributed by atoms with E-state index in [4.69, 9.17) is 0 Å². The lowest BCUT2D eigenvalue weighted by Crippen LogP contribution is -2.11. The van der Waals surface area contributed by atoms with Gasteiger partial charge in [-0.2, -0.15) is 12.6 Å². The molecule has 76 valence electrons. The summed E-state index contributed by atoms with van der Waals surface area (Å²) in [5.74, 6) is 0. The van der Waals surface area contributed by atoms with E-state index in [1.165, 1.54) is 6.42 Å². The fraction of sp³-hybridized carbons (Fsp3) is 0.500. The zero-order valence-corrected chi connectivity index (χ0v) is 10.2. The molecule has 0 aromatic rings. The largest absolute Gasteiger partial charge is 0.168 e. The Bertz CT molecular complexity index is 170. The van der Waals surface area contributed by atoms with Crippen molar-refractivity contribution in [3.63, 3.8) is 0 Å². The van der Waals surface area contributed by atoms with Crippen molar-refractivity contribution in [3.8, 4) is 0 Å². The standard InChI is InChI=1S/C9H14S.C3H8/c1-5-6-7-8(2)9(3,4)10;1-3-2/h5-7,10H,1-2H2,3-4H3;3H2,1-2H3/b7-6-;. The van der Waals surface area contributed by atoms with Gasteiger partial charge in [0.25, 0.3) is 0 Å². The Balaban J connectivity index is 0. The summed E-state index contributed by atoms with van der Waals surface area (Å²) < 4.78 is -0.125. The van der Waals surface area contributed by atoms with Crippen LogP contribution in [-0.2, 0) is 0 Å². The summed E-state index contributed by atoms with van der Waals surface area (Å²) in [5, 5.41) is 0. The average molecular weight is 198 g/mol. The van der Waals surface area contributed by atoms with Crippen molar-refractivity contribution < 1.29 is 0 Å². The zero-order valence-electron chi connectivity index (χ0n) is 9.30. The van der Waals surface area contributed by atoms with Gasteiger partial charge in [0, 0.05) is 4.75 Å². The fourth-order valence-electron chi connectivity index (χ4n) is 0.388. The van der Waals surface area contributed by atoms with Crippen molar-refractivity contribution in [2.75, 3.05) is 0 Å². The third-order valence-electron chi connectivity index (χ3n) is 1.22. The molecule has 0 aliphatic rings. The highest BCUT2D eigenvalue weighted by atomic mass is 32.1. The topological polar surface area (TPSA) is 0 Å². The lowest BCUT2D eigenvalue weighted by Gasteiger charge is -2.17. The minimum atomic E-state index is -0.125. The predicted molar refractivity (Wildman–Crippen MR) is 67.5 cm³/mol. The molecule has 0 amide bonds. The van der Waals surface area contributed by atoms with Crippen LogP contribution in [0.4, 0.5) is 0 Å². The van der Waals surface area contributed by atoms with Gasteiger partial charge < -0.3 is 0 Å². The van der Waals surface area contributed by atoms with Crippen LogP contribution in [0.25, 0.3) is 0 Å². The van der Waals surface area contributed by atoms with Gasteiger partial charge in [-0.3, -0.25) is 0 Å². The Labute approximate surface area is 88.8 Å². The summed E-state index contributed by atoms with van der Waals surface area (Å²) in [4.78, 5) is 0. The summed E-state index contributed by atoms with van der Waals surface area (Å²) in [7, 11) is 0. The molecule has 0 unspecified atom stereocenters. The second kappa shape index (κ2) is 8.18. The maximum atomic E-state index is 4.34. The van der Waals surface area contributed by atoms with Crippen molar-refractivity contribution in [3.05, 3.63) is 37.0 Å². The van der Waals surface area contributed by atoms with Gasteiger partial charge in [-0.1, -0.05) is 51.7 Å². The molecule has 0 rings (SSSR count). The zero-order chi connectivity index (χ0) is 10.9. The Morgan fingerprint density at radius 2 is 1.77 bits per heavy atom. The molecule has 0 nitrogen and oxygen atoms in total. The van der Waals surface area contributed by atoms with Crippen LogP contribution < -0.4 is 0 Å². The predicted octanol–water partition coefficient (Wildman–Crippen LogP) is 4.41. The van der Waals surface area contributed by atoms with E-state index in [1.807, 2.05) is 26.0 Å². The van der Waals surface area contributed by atoms with Crippen molar-refractivity contribution in [2.45, 2.75) is 38.9 Å². The van der Waals surface area contributed by atoms with Crippen molar-refractivity contribution >= 4 is 12.6 Å². The van der Waals surface area contributed by atoms with E-state index in [0.29, 0.717) is 0 Å². The van der Waals surface area contributed by atoms with Crippen LogP contribution in [0.15, 0.2) is 37.0 Å². The van der Waals surface area contributed by atoms with Crippen LogP contribution in [0.3, 0.4) is 0 Å². The smallest absolute Gasteiger partial charge is 0.0316 e. The molecule has 0 saturated carbocycles. The number of hydrogen-bond donors (Lipinski definition) is 1. The Morgan fingerprint density at radius 3 is 2.00 bits per heavy atom. The molecule has 0 N–H and O–H groups in total. The Morgan fingerprint density at radius 1 is 1.38 bits per heavy atom. The highest BCUT2D eigenvalue weighted by Gasteiger charge is 2.12. The average Bonchev–Trinajstić information content (AvgIpc) is 1.99. The molecule has 0 fully saturated rings. The number of rotatable bonds is 3. The van der Waals surface area contributed by atoms with Gasteiger partial charge in [0.05, 0.1) is 0 Å². The van der Waals surface area contributed by atoms with E-state index in [1.54, 1.807) is 6.08 Å². The van der Waals surface area contributed by atoms with Crippen molar-refractivity contribution in [1.82, 2.24) is 0 Å². The molecule has 0 aromatic carbocycles. The third-order valence-corrected chi connectivity index (χ3v) is 1.51. The summed E-state index contributed by atoms with van der Waals surface area (Å²) in [6.07, 6.45) is 6.75. The van der Waals surface area contributed by atoms with Crippen LogP contribution >= 0.6 is 12.6 Å². The lowest BCUT2D eigenvalue weighted by molar-refractivity contribution is 0.870. The molecule has 13 heavy (non-hydrogen) atoms. The number of thiol groups is 1. The molecule has 0 aliphatic carbocycles. The van der Waals surface area contributed by atoms with E-state index in [2.05, 4.69) is 39.6 Å². The molecular formula is C12H22S. The minimum Gasteiger partial charge on any atom is -0.168 e. The molecule has 0 atom stereocenters. The molecule has 0 radical (unpaired) electrons. The second-order valence-electron chi connectivity index (χ2n) is 3.39. The first kappa shape index (κ1) is 15.1. The normalized spacial score (nSPS) is 10.5. The first-order chi connectivity index (χ1) is 5.90. The fourth-order valence-corrected chi connectivity index (χ4v) is 0.463. The van der Waals surface area contributed by atoms with Crippen LogP contribution in [0, 0.1) is 0 Å². The van der Waals surface area contributed by atoms with Gasteiger partial charge in [-0.25, -0.2) is 0 Å². The van der Waals surface area contributed by atoms with Gasteiger partial charge in [0.2, 0.25) is 0 Å². The molecule has 0 aromatic heterocycles. The molecule has 0 bridgehead atoms. The Kier molecular flexibility index (Phi) is 9.48. The summed E-state index contributed by atoms with van der Waals surface area (Å²) in [6, 6.07) is 0. The second-order valence-corrected chi connectivity index (χ2v) is 4.50. The Hall–Kier alpha value is -0.430. The minimum absolute atomic E-state index is 0.125. The molecule has 0 spiro atoms. The first-order valence-electron chi connectivity index (χ1n) is 4.60. The molecule has 0 saturated heterocycles. The quantitative estimate of drug-likeness (QED) is 0.504. The highest BCUT2D eigenvalue weighted by Crippen LogP contribution is 2.22.